The third-order valence-electron chi connectivity index (χ3n) is 10.6. The Morgan fingerprint density at radius 3 is 0.931 bits per heavy atom. The van der Waals surface area contributed by atoms with Gasteiger partial charge in [0.1, 0.15) is 42.2 Å². The number of nitrogens with zero attached hydrogens (tertiary/aromatic N) is 6. The molecule has 7 aromatic rings. The van der Waals surface area contributed by atoms with Gasteiger partial charge in [0.05, 0.1) is 22.3 Å². The van der Waals surface area contributed by atoms with Gasteiger partial charge in [-0.15, -0.1) is 0 Å². The average Bonchev–Trinajstić information content (AvgIpc) is 3.97. The fourth-order valence-corrected chi connectivity index (χ4v) is 14.3. The van der Waals surface area contributed by atoms with Crippen molar-refractivity contribution in [2.45, 2.75) is 19.6 Å². The zero-order valence-electron chi connectivity index (χ0n) is 33.6. The molecule has 3 aromatic heterocycles. The van der Waals surface area contributed by atoms with Gasteiger partial charge >= 0.3 is 23.9 Å². The van der Waals surface area contributed by atoms with Gasteiger partial charge in [-0.1, -0.05) is 0 Å². The third kappa shape index (κ3) is 7.92. The summed E-state index contributed by atoms with van der Waals surface area (Å²) in [4.78, 5) is 77.5. The Morgan fingerprint density at radius 1 is 0.389 bits per heavy atom. The summed E-state index contributed by atoms with van der Waals surface area (Å²) in [6, 6.07) is 2.42. The van der Waals surface area contributed by atoms with E-state index in [1.54, 1.807) is 0 Å². The minimum absolute atomic E-state index is 0.412. The number of fused-ring (bicyclic) bond motifs is 20. The molecule has 0 saturated carbocycles. The standard InChI is InChI=1S/C36H14Br4N8O20S4/c37-21-13-5(1-9(69(57,58)59)17(21)33(49)50)25-41-29(13)46-26-7-3-11(71(63,64)65)19(35(53)54)23(39)15(7)31(43-26)48-28-8-4-12(72(66,67)68)20(36(55)56)24(40)16(8)32(44-28)47-27-6-2-10(70(60,61)62)18(34(51)52)22(38)14(6)30(42-27)45-25/h1-4H,(H,49,50)(H,51,52)(H,53,54)(H,55,56)(H,57,58,59)(H,60,61,62)(H,63,64,65)(H,66,67,68)(H2,41,42,43,44,45,46,47,48). The van der Waals surface area contributed by atoms with Crippen molar-refractivity contribution in [3.05, 3.63) is 64.4 Å². The van der Waals surface area contributed by atoms with E-state index in [0.717, 1.165) is 0 Å². The summed E-state index contributed by atoms with van der Waals surface area (Å²) >= 11 is 12.2. The Hall–Kier alpha value is -6.32. The van der Waals surface area contributed by atoms with E-state index in [4.69, 9.17) is 0 Å². The number of aromatic amines is 2. The molecule has 4 aromatic carbocycles. The van der Waals surface area contributed by atoms with E-state index in [2.05, 4.69) is 104 Å². The normalized spacial score (nSPS) is 12.8. The van der Waals surface area contributed by atoms with Gasteiger partial charge in [-0.05, 0) is 88.0 Å². The second-order valence-corrected chi connectivity index (χ2v) is 23.4. The summed E-state index contributed by atoms with van der Waals surface area (Å²) in [5.74, 6) is -10.5. The summed E-state index contributed by atoms with van der Waals surface area (Å²) in [6.07, 6.45) is 0. The van der Waals surface area contributed by atoms with Crippen LogP contribution in [0.2, 0.25) is 0 Å². The predicted octanol–water partition coefficient (Wildman–Crippen LogP) is 5.70. The first kappa shape index (κ1) is 50.6. The molecule has 0 radical (unpaired) electrons. The number of halogens is 4. The first-order valence-electron chi connectivity index (χ1n) is 18.3. The Labute approximate surface area is 429 Å². The van der Waals surface area contributed by atoms with Crippen LogP contribution in [0.1, 0.15) is 41.4 Å². The zero-order valence-corrected chi connectivity index (χ0v) is 43.2. The van der Waals surface area contributed by atoms with E-state index in [1.165, 1.54) is 0 Å². The van der Waals surface area contributed by atoms with Crippen molar-refractivity contribution in [2.75, 3.05) is 0 Å². The molecular formula is C36H14Br4N8O20S4. The number of H-pyrrole nitrogens is 2. The molecule has 28 nitrogen and oxygen atoms in total. The molecule has 0 amide bonds. The van der Waals surface area contributed by atoms with Crippen molar-refractivity contribution in [1.29, 1.82) is 0 Å². The highest BCUT2D eigenvalue weighted by molar-refractivity contribution is 9.11. The van der Waals surface area contributed by atoms with Gasteiger partial charge in [0, 0.05) is 61.7 Å². The maximum Gasteiger partial charge on any atom is 0.338 e. The van der Waals surface area contributed by atoms with Crippen LogP contribution in [0.25, 0.3) is 89.7 Å². The Bertz CT molecular complexity index is 4240. The molecule has 0 aliphatic carbocycles. The topological polar surface area (TPSA) is 476 Å². The van der Waals surface area contributed by atoms with Crippen molar-refractivity contribution in [3.8, 4) is 45.6 Å². The highest BCUT2D eigenvalue weighted by Gasteiger charge is 2.37. The molecule has 370 valence electrons. The molecule has 5 heterocycles. The molecule has 2 aliphatic heterocycles. The monoisotopic (exact) mass is 1320 g/mol. The number of carboxylic acid groups (broad SMARTS) is 4. The highest BCUT2D eigenvalue weighted by Crippen LogP contribution is 2.48. The van der Waals surface area contributed by atoms with Gasteiger partial charge in [0.15, 0.2) is 23.3 Å². The van der Waals surface area contributed by atoms with Crippen LogP contribution in [-0.4, -0.2) is 136 Å². The van der Waals surface area contributed by atoms with Crippen LogP contribution in [0.15, 0.2) is 61.7 Å². The van der Waals surface area contributed by atoms with Crippen LogP contribution in [0, 0.1) is 0 Å². The summed E-state index contributed by atoms with van der Waals surface area (Å²) in [6.45, 7) is 0. The van der Waals surface area contributed by atoms with Crippen molar-refractivity contribution in [3.63, 3.8) is 0 Å². The quantitative estimate of drug-likeness (QED) is 0.0815. The third-order valence-corrected chi connectivity index (χ3v) is 17.3. The van der Waals surface area contributed by atoms with E-state index >= 15 is 0 Å². The van der Waals surface area contributed by atoms with Crippen molar-refractivity contribution < 1.29 is 91.5 Å². The fourth-order valence-electron chi connectivity index (χ4n) is 7.76. The number of carboxylic acids is 4. The SMILES string of the molecule is O=C(O)c1c(S(=O)(=O)O)cc2c(c1Br)-c1nc-2nc2[nH]c(nc3nc(nc4[nH]c(n1)c1cc(S(=O)(=O)O)c(C(=O)O)c(Br)c41)-c1cc(S(=O)(=O)O)c(C(=O)O)c(Br)c1-3)c1cc(S(=O)(=O)O)c(C(=O)O)c(Br)c21. The number of carbonyl (C=O) groups is 4. The van der Waals surface area contributed by atoms with Crippen LogP contribution in [0.5, 0.6) is 0 Å². The second kappa shape index (κ2) is 16.6. The average molecular weight is 1330 g/mol. The molecule has 72 heavy (non-hydrogen) atoms. The molecule has 0 atom stereocenters. The minimum Gasteiger partial charge on any atom is -0.478 e. The van der Waals surface area contributed by atoms with E-state index in [0.29, 0.717) is 24.3 Å². The second-order valence-electron chi connectivity index (χ2n) is 14.7. The van der Waals surface area contributed by atoms with Gasteiger partial charge in [-0.3, -0.25) is 18.2 Å². The molecule has 0 unspecified atom stereocenters. The first-order valence-corrected chi connectivity index (χ1v) is 27.3. The maximum atomic E-state index is 12.8. The van der Waals surface area contributed by atoms with E-state index in [1.807, 2.05) is 0 Å². The smallest absolute Gasteiger partial charge is 0.338 e. The molecule has 2 aliphatic rings. The van der Waals surface area contributed by atoms with Gasteiger partial charge in [0.2, 0.25) is 0 Å². The fraction of sp³-hybridized carbons (Fsp3) is 0. The summed E-state index contributed by atoms with van der Waals surface area (Å²) in [7, 11) is -21.8. The van der Waals surface area contributed by atoms with E-state index < -0.39 is 214 Å². The lowest BCUT2D eigenvalue weighted by Gasteiger charge is -2.10. The molecule has 0 saturated heterocycles. The Balaban J connectivity index is 1.64. The number of hydrogen-bond acceptors (Lipinski definition) is 18. The lowest BCUT2D eigenvalue weighted by molar-refractivity contribution is 0.0681. The summed E-state index contributed by atoms with van der Waals surface area (Å²) in [5.41, 5.74) is -8.55. The van der Waals surface area contributed by atoms with Crippen molar-refractivity contribution in [2.24, 2.45) is 0 Å². The van der Waals surface area contributed by atoms with Gasteiger partial charge in [-0.2, -0.15) is 33.7 Å². The molecule has 36 heteroatoms. The van der Waals surface area contributed by atoms with Crippen LogP contribution in [0.4, 0.5) is 0 Å². The van der Waals surface area contributed by atoms with Gasteiger partial charge in [-0.25, -0.2) is 49.1 Å². The molecule has 10 N–H and O–H groups in total. The Morgan fingerprint density at radius 2 is 0.653 bits per heavy atom. The Kier molecular flexibility index (Phi) is 11.7. The summed E-state index contributed by atoms with van der Waals surface area (Å²) in [5, 5.41) is 39.2. The lowest BCUT2D eigenvalue weighted by Crippen LogP contribution is -2.10. The number of nitrogens with one attached hydrogen (secondary N) is 2. The summed E-state index contributed by atoms with van der Waals surface area (Å²) < 4.78 is 141. The van der Waals surface area contributed by atoms with Crippen LogP contribution < -0.4 is 0 Å². The minimum atomic E-state index is -5.46. The number of hydrogen-bond donors (Lipinski definition) is 10. The predicted molar refractivity (Wildman–Crippen MR) is 254 cm³/mol. The van der Waals surface area contributed by atoms with Crippen molar-refractivity contribution in [1.82, 2.24) is 39.9 Å². The highest BCUT2D eigenvalue weighted by atomic mass is 79.9. The number of benzene rings is 4. The van der Waals surface area contributed by atoms with Crippen LogP contribution in [0.3, 0.4) is 0 Å². The van der Waals surface area contributed by atoms with Gasteiger partial charge in [0.25, 0.3) is 40.5 Å². The van der Waals surface area contributed by atoms with Crippen LogP contribution >= 0.6 is 63.7 Å². The molecular weight excluding hydrogens is 1310 g/mol. The molecule has 0 fully saturated rings. The zero-order chi connectivity index (χ0) is 53.0. The largest absolute Gasteiger partial charge is 0.478 e. The van der Waals surface area contributed by atoms with Crippen molar-refractivity contribution >= 4 is 172 Å². The first-order chi connectivity index (χ1) is 33.2. The molecule has 9 rings (SSSR count). The number of rotatable bonds is 8. The maximum absolute atomic E-state index is 12.8. The number of aromatic nitrogens is 8. The van der Waals surface area contributed by atoms with E-state index in [-0.39, 0.29) is 0 Å². The van der Waals surface area contributed by atoms with Crippen LogP contribution in [-0.2, 0) is 40.5 Å². The molecule has 8 bridgehead atoms. The van der Waals surface area contributed by atoms with Gasteiger partial charge < -0.3 is 30.4 Å². The van der Waals surface area contributed by atoms with E-state index in [9.17, 15) is 91.5 Å². The molecule has 0 spiro atoms. The lowest BCUT2D eigenvalue weighted by atomic mass is 10.0. The number of aromatic carboxylic acids is 4.